The molecule has 1 unspecified atom stereocenters. The third kappa shape index (κ3) is 2.58. The van der Waals surface area contributed by atoms with E-state index in [9.17, 15) is 13.6 Å². The second kappa shape index (κ2) is 5.47. The molecule has 1 aliphatic heterocycles. The molecule has 22 heavy (non-hydrogen) atoms. The lowest BCUT2D eigenvalue weighted by Gasteiger charge is -2.16. The zero-order chi connectivity index (χ0) is 15.9. The van der Waals surface area contributed by atoms with Gasteiger partial charge in [-0.05, 0) is 12.1 Å². The number of aromatic nitrogens is 2. The van der Waals surface area contributed by atoms with Gasteiger partial charge in [0, 0.05) is 24.9 Å². The smallest absolute Gasteiger partial charge is 0.232 e. The summed E-state index contributed by atoms with van der Waals surface area (Å²) in [6, 6.07) is 3.04. The number of rotatable bonds is 3. The minimum atomic E-state index is -0.635. The van der Waals surface area contributed by atoms with Crippen molar-refractivity contribution < 1.29 is 18.1 Å². The third-order valence-electron chi connectivity index (χ3n) is 3.65. The van der Waals surface area contributed by atoms with Crippen molar-refractivity contribution >= 4 is 11.6 Å². The minimum absolute atomic E-state index is 0.0592. The van der Waals surface area contributed by atoms with E-state index in [4.69, 9.17) is 4.52 Å². The summed E-state index contributed by atoms with van der Waals surface area (Å²) in [6.45, 7) is 4.06. The van der Waals surface area contributed by atoms with Gasteiger partial charge in [0.15, 0.2) is 5.82 Å². The van der Waals surface area contributed by atoms with Gasteiger partial charge in [0.25, 0.3) is 0 Å². The highest BCUT2D eigenvalue weighted by molar-refractivity contribution is 5.96. The number of benzene rings is 1. The molecule has 0 aliphatic carbocycles. The summed E-state index contributed by atoms with van der Waals surface area (Å²) in [5.41, 5.74) is -0.0592. The van der Waals surface area contributed by atoms with Crippen molar-refractivity contribution in [1.82, 2.24) is 10.1 Å². The van der Waals surface area contributed by atoms with E-state index in [0.717, 1.165) is 18.2 Å². The van der Waals surface area contributed by atoms with Crippen LogP contribution < -0.4 is 4.90 Å². The van der Waals surface area contributed by atoms with E-state index in [0.29, 0.717) is 11.7 Å². The van der Waals surface area contributed by atoms with Gasteiger partial charge in [-0.25, -0.2) is 8.78 Å². The predicted molar refractivity (Wildman–Crippen MR) is 74.5 cm³/mol. The van der Waals surface area contributed by atoms with Crippen LogP contribution in [0, 0.1) is 11.6 Å². The van der Waals surface area contributed by atoms with Gasteiger partial charge < -0.3 is 9.42 Å². The molecule has 1 aliphatic rings. The van der Waals surface area contributed by atoms with Gasteiger partial charge in [0.05, 0.1) is 11.6 Å². The summed E-state index contributed by atoms with van der Waals surface area (Å²) in [5.74, 6) is -0.786. The molecule has 1 saturated heterocycles. The first-order chi connectivity index (χ1) is 10.5. The molecule has 3 rings (SSSR count). The maximum absolute atomic E-state index is 13.8. The van der Waals surface area contributed by atoms with Crippen LogP contribution in [0.3, 0.4) is 0 Å². The zero-order valence-corrected chi connectivity index (χ0v) is 12.2. The van der Waals surface area contributed by atoms with E-state index in [1.807, 2.05) is 13.8 Å². The summed E-state index contributed by atoms with van der Waals surface area (Å²) in [6.07, 6.45) is 0.135. The SMILES string of the molecule is CC(C)c1noc(C2CC(=O)N(c3cc(F)ccc3F)C2)n1. The highest BCUT2D eigenvalue weighted by atomic mass is 19.1. The van der Waals surface area contributed by atoms with Crippen LogP contribution >= 0.6 is 0 Å². The predicted octanol–water partition coefficient (Wildman–Crippen LogP) is 2.99. The molecule has 0 N–H and O–H groups in total. The number of nitrogens with zero attached hydrogens (tertiary/aromatic N) is 3. The number of amides is 1. The molecule has 0 radical (unpaired) electrons. The van der Waals surface area contributed by atoms with Crippen molar-refractivity contribution in [2.24, 2.45) is 0 Å². The van der Waals surface area contributed by atoms with Crippen molar-refractivity contribution in [2.75, 3.05) is 11.4 Å². The molecule has 7 heteroatoms. The summed E-state index contributed by atoms with van der Waals surface area (Å²) in [7, 11) is 0. The highest BCUT2D eigenvalue weighted by Crippen LogP contribution is 2.33. The average molecular weight is 307 g/mol. The second-order valence-electron chi connectivity index (χ2n) is 5.65. The quantitative estimate of drug-likeness (QED) is 0.874. The number of hydrogen-bond donors (Lipinski definition) is 0. The van der Waals surface area contributed by atoms with Gasteiger partial charge in [-0.1, -0.05) is 19.0 Å². The Morgan fingerprint density at radius 1 is 1.36 bits per heavy atom. The van der Waals surface area contributed by atoms with Gasteiger partial charge in [-0.3, -0.25) is 4.79 Å². The molecule has 116 valence electrons. The monoisotopic (exact) mass is 307 g/mol. The normalized spacial score (nSPS) is 18.5. The van der Waals surface area contributed by atoms with Crippen molar-refractivity contribution in [3.63, 3.8) is 0 Å². The second-order valence-corrected chi connectivity index (χ2v) is 5.65. The Morgan fingerprint density at radius 3 is 2.82 bits per heavy atom. The molecule has 0 bridgehead atoms. The number of carbonyl (C=O) groups is 1. The Balaban J connectivity index is 1.85. The van der Waals surface area contributed by atoms with Crippen molar-refractivity contribution in [3.05, 3.63) is 41.5 Å². The van der Waals surface area contributed by atoms with Gasteiger partial charge in [-0.2, -0.15) is 4.98 Å². The third-order valence-corrected chi connectivity index (χ3v) is 3.65. The lowest BCUT2D eigenvalue weighted by atomic mass is 10.1. The molecule has 0 saturated carbocycles. The Hall–Kier alpha value is -2.31. The van der Waals surface area contributed by atoms with E-state index >= 15 is 0 Å². The fraction of sp³-hybridized carbons (Fsp3) is 0.400. The fourth-order valence-electron chi connectivity index (χ4n) is 2.45. The standard InChI is InChI=1S/C15H15F2N3O2/c1-8(2)14-18-15(22-19-14)9-5-13(21)20(7-9)12-6-10(16)3-4-11(12)17/h3-4,6,8-9H,5,7H2,1-2H3. The summed E-state index contributed by atoms with van der Waals surface area (Å²) < 4.78 is 32.3. The topological polar surface area (TPSA) is 59.2 Å². The molecular weight excluding hydrogens is 292 g/mol. The molecule has 1 aromatic carbocycles. The van der Waals surface area contributed by atoms with E-state index in [1.54, 1.807) is 0 Å². The van der Waals surface area contributed by atoms with Crippen LogP contribution in [-0.4, -0.2) is 22.6 Å². The number of anilines is 1. The molecule has 5 nitrogen and oxygen atoms in total. The van der Waals surface area contributed by atoms with E-state index in [2.05, 4.69) is 10.1 Å². The van der Waals surface area contributed by atoms with Crippen molar-refractivity contribution in [2.45, 2.75) is 32.1 Å². The van der Waals surface area contributed by atoms with Crippen LogP contribution in [0.2, 0.25) is 0 Å². The lowest BCUT2D eigenvalue weighted by Crippen LogP contribution is -2.25. The van der Waals surface area contributed by atoms with Crippen molar-refractivity contribution in [3.8, 4) is 0 Å². The van der Waals surface area contributed by atoms with Gasteiger partial charge >= 0.3 is 0 Å². The van der Waals surface area contributed by atoms with Gasteiger partial charge in [-0.15, -0.1) is 0 Å². The number of halogens is 2. The lowest BCUT2D eigenvalue weighted by molar-refractivity contribution is -0.117. The highest BCUT2D eigenvalue weighted by Gasteiger charge is 2.36. The van der Waals surface area contributed by atoms with Crippen LogP contribution in [-0.2, 0) is 4.79 Å². The van der Waals surface area contributed by atoms with E-state index in [-0.39, 0.29) is 36.4 Å². The maximum Gasteiger partial charge on any atom is 0.232 e. The molecule has 1 fully saturated rings. The Kier molecular flexibility index (Phi) is 3.64. The minimum Gasteiger partial charge on any atom is -0.339 e. The average Bonchev–Trinajstić information content (AvgIpc) is 3.08. The van der Waals surface area contributed by atoms with E-state index < -0.39 is 11.6 Å². The maximum atomic E-state index is 13.8. The van der Waals surface area contributed by atoms with E-state index in [1.165, 1.54) is 4.90 Å². The largest absolute Gasteiger partial charge is 0.339 e. The van der Waals surface area contributed by atoms with Crippen molar-refractivity contribution in [1.29, 1.82) is 0 Å². The number of hydrogen-bond acceptors (Lipinski definition) is 4. The summed E-state index contributed by atoms with van der Waals surface area (Å²) in [4.78, 5) is 17.6. The van der Waals surface area contributed by atoms with Crippen LogP contribution in [0.25, 0.3) is 0 Å². The summed E-state index contributed by atoms with van der Waals surface area (Å²) >= 11 is 0. The van der Waals surface area contributed by atoms with Crippen LogP contribution in [0.1, 0.15) is 43.8 Å². The molecule has 1 amide bonds. The molecule has 2 heterocycles. The first-order valence-corrected chi connectivity index (χ1v) is 7.04. The Labute approximate surface area is 125 Å². The summed E-state index contributed by atoms with van der Waals surface area (Å²) in [5, 5.41) is 3.86. The fourth-order valence-corrected chi connectivity index (χ4v) is 2.45. The first kappa shape index (κ1) is 14.6. The Morgan fingerprint density at radius 2 is 2.14 bits per heavy atom. The molecule has 2 aromatic rings. The van der Waals surface area contributed by atoms with Crippen LogP contribution in [0.5, 0.6) is 0 Å². The first-order valence-electron chi connectivity index (χ1n) is 7.04. The molecular formula is C15H15F2N3O2. The molecule has 0 spiro atoms. The van der Waals surface area contributed by atoms with Crippen LogP contribution in [0.15, 0.2) is 22.7 Å². The molecule has 1 atom stereocenters. The Bertz CT molecular complexity index is 715. The molecule has 1 aromatic heterocycles. The zero-order valence-electron chi connectivity index (χ0n) is 12.2. The van der Waals surface area contributed by atoms with Gasteiger partial charge in [0.2, 0.25) is 11.8 Å². The number of carbonyl (C=O) groups excluding carboxylic acids is 1. The van der Waals surface area contributed by atoms with Crippen LogP contribution in [0.4, 0.5) is 14.5 Å². The van der Waals surface area contributed by atoms with Gasteiger partial charge in [0.1, 0.15) is 11.6 Å².